The van der Waals surface area contributed by atoms with Gasteiger partial charge in [-0.25, -0.2) is 15.0 Å². The predicted molar refractivity (Wildman–Crippen MR) is 121 cm³/mol. The number of rotatable bonds is 5. The van der Waals surface area contributed by atoms with E-state index in [4.69, 9.17) is 5.73 Å². The van der Waals surface area contributed by atoms with Gasteiger partial charge in [-0.2, -0.15) is 0 Å². The largest absolute Gasteiger partial charge is 0.390 e. The molecule has 0 aliphatic heterocycles. The number of hydrogen-bond donors (Lipinski definition) is 4. The zero-order chi connectivity index (χ0) is 21.5. The van der Waals surface area contributed by atoms with Crippen LogP contribution in [0.1, 0.15) is 24.4 Å². The first-order valence-electron chi connectivity index (χ1n) is 10.6. The highest BCUT2D eigenvalue weighted by molar-refractivity contribution is 5.86. The van der Waals surface area contributed by atoms with Gasteiger partial charge in [0.25, 0.3) is 0 Å². The van der Waals surface area contributed by atoms with Crippen molar-refractivity contribution in [3.8, 4) is 0 Å². The lowest BCUT2D eigenvalue weighted by molar-refractivity contribution is 0.00545. The Kier molecular flexibility index (Phi) is 4.95. The molecule has 0 saturated heterocycles. The molecule has 1 aromatic carbocycles. The van der Waals surface area contributed by atoms with E-state index in [1.807, 2.05) is 29.9 Å². The summed E-state index contributed by atoms with van der Waals surface area (Å²) < 4.78 is 1.92. The third kappa shape index (κ3) is 3.47. The van der Waals surface area contributed by atoms with Crippen molar-refractivity contribution in [2.75, 3.05) is 18.1 Å². The summed E-state index contributed by atoms with van der Waals surface area (Å²) in [7, 11) is 1.86. The minimum Gasteiger partial charge on any atom is -0.390 e. The van der Waals surface area contributed by atoms with Gasteiger partial charge in [0.15, 0.2) is 0 Å². The second-order valence-electron chi connectivity index (χ2n) is 8.28. The summed E-state index contributed by atoms with van der Waals surface area (Å²) >= 11 is 0. The van der Waals surface area contributed by atoms with Crippen LogP contribution in [0, 0.1) is 5.92 Å². The molecule has 160 valence electrons. The molecule has 4 unspecified atom stereocenters. The van der Waals surface area contributed by atoms with E-state index in [0.29, 0.717) is 17.9 Å². The summed E-state index contributed by atoms with van der Waals surface area (Å²) in [5.74, 6) is 1.24. The Labute approximate surface area is 179 Å². The first-order chi connectivity index (χ1) is 15.0. The number of anilines is 2. The molecule has 4 atom stereocenters. The predicted octanol–water partition coefficient (Wildman–Crippen LogP) is 2.52. The van der Waals surface area contributed by atoms with E-state index in [9.17, 15) is 10.2 Å². The fourth-order valence-electron chi connectivity index (χ4n) is 4.73. The molecule has 8 nitrogen and oxygen atoms in total. The number of hydrogen-bond acceptors (Lipinski definition) is 7. The minimum atomic E-state index is -0.853. The average Bonchev–Trinajstić information content (AvgIpc) is 3.34. The number of nitrogens with two attached hydrogens (primary N) is 1. The maximum atomic E-state index is 10.8. The van der Waals surface area contributed by atoms with Crippen LogP contribution >= 0.6 is 0 Å². The standard InChI is InChI=1S/C23H26N6O2/c1-25-19-7-6-14-4-2-13(10-17(14)28-19)3-5-15-11-18(21(31)20(15)30)29-9-8-16-22(24)26-12-27-23(16)29/h2,4,6-10,12,15,18,20-21,30-31H,3,5,11H2,1H3,(H,25,28)(H2,24,26,27). The van der Waals surface area contributed by atoms with Crippen molar-refractivity contribution >= 4 is 33.6 Å². The quantitative estimate of drug-likeness (QED) is 0.393. The van der Waals surface area contributed by atoms with Crippen LogP contribution in [0.4, 0.5) is 11.6 Å². The molecule has 0 radical (unpaired) electrons. The van der Waals surface area contributed by atoms with Gasteiger partial charge in [0.2, 0.25) is 0 Å². The van der Waals surface area contributed by atoms with Crippen LogP contribution in [0.15, 0.2) is 48.9 Å². The molecule has 4 aromatic rings. The molecular formula is C23H26N6O2. The van der Waals surface area contributed by atoms with Gasteiger partial charge in [-0.3, -0.25) is 0 Å². The molecule has 3 heterocycles. The van der Waals surface area contributed by atoms with E-state index >= 15 is 0 Å². The van der Waals surface area contributed by atoms with Crippen molar-refractivity contribution in [1.29, 1.82) is 0 Å². The van der Waals surface area contributed by atoms with E-state index in [1.165, 1.54) is 11.9 Å². The van der Waals surface area contributed by atoms with Crippen LogP contribution in [0.2, 0.25) is 0 Å². The second-order valence-corrected chi connectivity index (χ2v) is 8.28. The Morgan fingerprint density at radius 3 is 2.81 bits per heavy atom. The average molecular weight is 419 g/mol. The Bertz CT molecular complexity index is 1240. The molecule has 1 aliphatic carbocycles. The summed E-state index contributed by atoms with van der Waals surface area (Å²) in [4.78, 5) is 13.0. The molecule has 5 N–H and O–H groups in total. The van der Waals surface area contributed by atoms with Crippen LogP contribution in [-0.2, 0) is 6.42 Å². The third-order valence-electron chi connectivity index (χ3n) is 6.49. The Hall–Kier alpha value is -3.23. The molecule has 0 bridgehead atoms. The lowest BCUT2D eigenvalue weighted by Crippen LogP contribution is -2.29. The molecule has 31 heavy (non-hydrogen) atoms. The number of benzene rings is 1. The van der Waals surface area contributed by atoms with Crippen LogP contribution in [0.3, 0.4) is 0 Å². The maximum absolute atomic E-state index is 10.8. The number of nitrogen functional groups attached to an aromatic ring is 1. The van der Waals surface area contributed by atoms with E-state index in [1.54, 1.807) is 0 Å². The first kappa shape index (κ1) is 19.7. The fraction of sp³-hybridized carbons (Fsp3) is 0.348. The number of aliphatic hydroxyl groups excluding tert-OH is 2. The van der Waals surface area contributed by atoms with E-state index in [-0.39, 0.29) is 12.0 Å². The van der Waals surface area contributed by atoms with Gasteiger partial charge in [-0.1, -0.05) is 12.1 Å². The van der Waals surface area contributed by atoms with E-state index in [0.717, 1.165) is 34.9 Å². The molecule has 0 amide bonds. The molecule has 5 rings (SSSR count). The van der Waals surface area contributed by atoms with Crippen molar-refractivity contribution in [3.63, 3.8) is 0 Å². The number of aliphatic hydroxyl groups is 2. The maximum Gasteiger partial charge on any atom is 0.145 e. The lowest BCUT2D eigenvalue weighted by atomic mass is 9.95. The lowest BCUT2D eigenvalue weighted by Gasteiger charge is -2.19. The summed E-state index contributed by atoms with van der Waals surface area (Å²) in [5.41, 5.74) is 8.75. The van der Waals surface area contributed by atoms with E-state index < -0.39 is 12.2 Å². The van der Waals surface area contributed by atoms with Gasteiger partial charge >= 0.3 is 0 Å². The summed E-state index contributed by atoms with van der Waals surface area (Å²) in [5, 5.41) is 26.4. The second kappa shape index (κ2) is 7.79. The Morgan fingerprint density at radius 2 is 1.97 bits per heavy atom. The number of nitrogens with zero attached hydrogens (tertiary/aromatic N) is 4. The highest BCUT2D eigenvalue weighted by Crippen LogP contribution is 2.39. The molecule has 1 saturated carbocycles. The van der Waals surface area contributed by atoms with Gasteiger partial charge in [0.1, 0.15) is 29.7 Å². The highest BCUT2D eigenvalue weighted by atomic mass is 16.3. The van der Waals surface area contributed by atoms with Gasteiger partial charge in [0, 0.05) is 18.6 Å². The van der Waals surface area contributed by atoms with Crippen molar-refractivity contribution in [2.24, 2.45) is 5.92 Å². The topological polar surface area (TPSA) is 122 Å². The number of nitrogens with one attached hydrogen (secondary N) is 1. The van der Waals surface area contributed by atoms with Crippen LogP contribution < -0.4 is 11.1 Å². The number of aromatic nitrogens is 4. The van der Waals surface area contributed by atoms with Gasteiger partial charge in [-0.05, 0) is 55.0 Å². The molecule has 0 spiro atoms. The SMILES string of the molecule is CNc1ccc2ccc(CCC3CC(n4ccc5c(N)ncnc54)C(O)C3O)cc2n1. The van der Waals surface area contributed by atoms with Crippen molar-refractivity contribution < 1.29 is 10.2 Å². The van der Waals surface area contributed by atoms with Crippen molar-refractivity contribution in [3.05, 3.63) is 54.5 Å². The van der Waals surface area contributed by atoms with Crippen molar-refractivity contribution in [2.45, 2.75) is 37.5 Å². The van der Waals surface area contributed by atoms with E-state index in [2.05, 4.69) is 44.5 Å². The van der Waals surface area contributed by atoms with Gasteiger partial charge in [0.05, 0.1) is 23.0 Å². The zero-order valence-electron chi connectivity index (χ0n) is 17.3. The van der Waals surface area contributed by atoms with Gasteiger partial charge < -0.3 is 25.8 Å². The number of fused-ring (bicyclic) bond motifs is 2. The van der Waals surface area contributed by atoms with Crippen LogP contribution in [0.5, 0.6) is 0 Å². The zero-order valence-corrected chi connectivity index (χ0v) is 17.3. The number of aryl methyl sites for hydroxylation is 1. The van der Waals surface area contributed by atoms with Crippen LogP contribution in [-0.4, -0.2) is 49.0 Å². The Morgan fingerprint density at radius 1 is 1.13 bits per heavy atom. The third-order valence-corrected chi connectivity index (χ3v) is 6.49. The number of pyridine rings is 1. The first-order valence-corrected chi connectivity index (χ1v) is 10.6. The van der Waals surface area contributed by atoms with Crippen LogP contribution in [0.25, 0.3) is 21.9 Å². The minimum absolute atomic E-state index is 0.0102. The monoisotopic (exact) mass is 418 g/mol. The van der Waals surface area contributed by atoms with Crippen molar-refractivity contribution in [1.82, 2.24) is 19.5 Å². The molecule has 1 aliphatic rings. The van der Waals surface area contributed by atoms with Gasteiger partial charge in [-0.15, -0.1) is 0 Å². The summed E-state index contributed by atoms with van der Waals surface area (Å²) in [6.45, 7) is 0. The smallest absolute Gasteiger partial charge is 0.145 e. The summed E-state index contributed by atoms with van der Waals surface area (Å²) in [6.07, 6.45) is 3.92. The fourth-order valence-corrected chi connectivity index (χ4v) is 4.73. The molecule has 3 aromatic heterocycles. The molecule has 1 fully saturated rings. The highest BCUT2D eigenvalue weighted by Gasteiger charge is 2.42. The Balaban J connectivity index is 1.33. The summed E-state index contributed by atoms with van der Waals surface area (Å²) in [6, 6.07) is 11.9. The normalized spacial score (nSPS) is 23.6. The molecule has 8 heteroatoms. The molecular weight excluding hydrogens is 392 g/mol.